The van der Waals surface area contributed by atoms with Crippen molar-refractivity contribution in [2.24, 2.45) is 0 Å². The SMILES string of the molecule is CCOC(=O)N/C(C#N)=C(/NC)NCc1ccccc1. The molecular weight excluding hydrogens is 256 g/mol. The van der Waals surface area contributed by atoms with Crippen LogP contribution in [0.2, 0.25) is 0 Å². The van der Waals surface area contributed by atoms with Crippen LogP contribution in [-0.4, -0.2) is 19.7 Å². The quantitative estimate of drug-likeness (QED) is 0.683. The Labute approximate surface area is 118 Å². The van der Waals surface area contributed by atoms with Gasteiger partial charge in [0, 0.05) is 13.6 Å². The summed E-state index contributed by atoms with van der Waals surface area (Å²) in [6.45, 7) is 2.48. The molecule has 0 radical (unpaired) electrons. The molecule has 0 spiro atoms. The second-order valence-corrected chi connectivity index (χ2v) is 3.80. The lowest BCUT2D eigenvalue weighted by molar-refractivity contribution is 0.155. The number of hydrogen-bond donors (Lipinski definition) is 3. The van der Waals surface area contributed by atoms with E-state index in [-0.39, 0.29) is 12.3 Å². The fraction of sp³-hybridized carbons (Fsp3) is 0.286. The van der Waals surface area contributed by atoms with Crippen LogP contribution in [-0.2, 0) is 11.3 Å². The standard InChI is InChI=1S/C14H18N4O2/c1-3-20-14(19)18-12(9-15)13(16-2)17-10-11-7-5-4-6-8-11/h4-8,16-17H,3,10H2,1-2H3,(H,18,19)/b13-12-. The average Bonchev–Trinajstić information content (AvgIpc) is 2.48. The smallest absolute Gasteiger partial charge is 0.412 e. The number of carbonyl (C=O) groups is 1. The maximum atomic E-state index is 11.3. The molecule has 0 bridgehead atoms. The van der Waals surface area contributed by atoms with Gasteiger partial charge in [0.15, 0.2) is 5.70 Å². The lowest BCUT2D eigenvalue weighted by atomic mass is 10.2. The van der Waals surface area contributed by atoms with Crippen molar-refractivity contribution in [1.29, 1.82) is 5.26 Å². The Balaban J connectivity index is 2.72. The van der Waals surface area contributed by atoms with Crippen molar-refractivity contribution in [2.75, 3.05) is 13.7 Å². The molecule has 1 aromatic carbocycles. The molecule has 0 aliphatic rings. The van der Waals surface area contributed by atoms with Gasteiger partial charge < -0.3 is 15.4 Å². The van der Waals surface area contributed by atoms with E-state index in [9.17, 15) is 4.79 Å². The number of benzene rings is 1. The second-order valence-electron chi connectivity index (χ2n) is 3.80. The Hall–Kier alpha value is -2.68. The van der Waals surface area contributed by atoms with E-state index in [2.05, 4.69) is 16.0 Å². The van der Waals surface area contributed by atoms with Gasteiger partial charge in [-0.3, -0.25) is 5.32 Å². The summed E-state index contributed by atoms with van der Waals surface area (Å²) in [4.78, 5) is 11.3. The summed E-state index contributed by atoms with van der Waals surface area (Å²) in [6, 6.07) is 11.6. The van der Waals surface area contributed by atoms with Crippen molar-refractivity contribution < 1.29 is 9.53 Å². The minimum absolute atomic E-state index is 0.0851. The largest absolute Gasteiger partial charge is 0.450 e. The molecule has 0 aliphatic heterocycles. The zero-order chi connectivity index (χ0) is 14.8. The molecule has 0 aromatic heterocycles. The lowest BCUT2D eigenvalue weighted by Crippen LogP contribution is -2.32. The summed E-state index contributed by atoms with van der Waals surface area (Å²) >= 11 is 0. The van der Waals surface area contributed by atoms with Crippen molar-refractivity contribution in [3.05, 3.63) is 47.4 Å². The van der Waals surface area contributed by atoms with Gasteiger partial charge in [-0.25, -0.2) is 4.79 Å². The van der Waals surface area contributed by atoms with Gasteiger partial charge in [-0.05, 0) is 12.5 Å². The third-order valence-electron chi connectivity index (χ3n) is 2.43. The van der Waals surface area contributed by atoms with E-state index in [1.165, 1.54) is 0 Å². The number of rotatable bonds is 6. The topological polar surface area (TPSA) is 86.2 Å². The minimum atomic E-state index is -0.654. The van der Waals surface area contributed by atoms with Gasteiger partial charge in [0.2, 0.25) is 0 Å². The molecule has 0 atom stereocenters. The number of amides is 1. The van der Waals surface area contributed by atoms with Crippen LogP contribution in [0.5, 0.6) is 0 Å². The van der Waals surface area contributed by atoms with Crippen molar-refractivity contribution in [1.82, 2.24) is 16.0 Å². The molecule has 0 fully saturated rings. The number of nitrogens with zero attached hydrogens (tertiary/aromatic N) is 1. The number of alkyl carbamates (subject to hydrolysis) is 1. The first kappa shape index (κ1) is 15.4. The Morgan fingerprint density at radius 2 is 2.05 bits per heavy atom. The molecule has 0 aliphatic carbocycles. The van der Waals surface area contributed by atoms with E-state index in [0.717, 1.165) is 5.56 Å². The molecule has 0 saturated carbocycles. The van der Waals surface area contributed by atoms with E-state index in [4.69, 9.17) is 10.00 Å². The lowest BCUT2D eigenvalue weighted by Gasteiger charge is -2.13. The predicted octanol–water partition coefficient (Wildman–Crippen LogP) is 1.43. The number of nitrogens with one attached hydrogen (secondary N) is 3. The Morgan fingerprint density at radius 3 is 2.60 bits per heavy atom. The van der Waals surface area contributed by atoms with Crippen LogP contribution in [0, 0.1) is 11.3 Å². The van der Waals surface area contributed by atoms with Gasteiger partial charge in [0.1, 0.15) is 11.9 Å². The highest BCUT2D eigenvalue weighted by molar-refractivity contribution is 5.70. The molecule has 1 amide bonds. The summed E-state index contributed by atoms with van der Waals surface area (Å²) in [5.41, 5.74) is 1.15. The normalized spacial score (nSPS) is 10.8. The molecule has 3 N–H and O–H groups in total. The van der Waals surface area contributed by atoms with Crippen LogP contribution < -0.4 is 16.0 Å². The molecule has 0 saturated heterocycles. The highest BCUT2D eigenvalue weighted by atomic mass is 16.5. The molecule has 6 nitrogen and oxygen atoms in total. The van der Waals surface area contributed by atoms with Crippen LogP contribution in [0.15, 0.2) is 41.8 Å². The van der Waals surface area contributed by atoms with E-state index in [1.54, 1.807) is 14.0 Å². The Bertz CT molecular complexity index is 506. The molecule has 1 aromatic rings. The number of allylic oxidation sites excluding steroid dienone is 1. The molecule has 1 rings (SSSR count). The summed E-state index contributed by atoms with van der Waals surface area (Å²) in [6.07, 6.45) is -0.654. The maximum Gasteiger partial charge on any atom is 0.412 e. The molecule has 106 valence electrons. The van der Waals surface area contributed by atoms with Crippen molar-refractivity contribution >= 4 is 6.09 Å². The summed E-state index contributed by atoms with van der Waals surface area (Å²) in [5.74, 6) is 0.435. The van der Waals surface area contributed by atoms with E-state index >= 15 is 0 Å². The van der Waals surface area contributed by atoms with E-state index in [1.807, 2.05) is 36.4 Å². The van der Waals surface area contributed by atoms with Gasteiger partial charge >= 0.3 is 6.09 Å². The minimum Gasteiger partial charge on any atom is -0.450 e. The molecular formula is C14H18N4O2. The highest BCUT2D eigenvalue weighted by Crippen LogP contribution is 2.00. The van der Waals surface area contributed by atoms with Gasteiger partial charge in [-0.15, -0.1) is 0 Å². The predicted molar refractivity (Wildman–Crippen MR) is 75.1 cm³/mol. The average molecular weight is 274 g/mol. The van der Waals surface area contributed by atoms with Gasteiger partial charge in [-0.2, -0.15) is 5.26 Å². The van der Waals surface area contributed by atoms with Crippen LogP contribution in [0.4, 0.5) is 4.79 Å². The second kappa shape index (κ2) is 8.43. The molecule has 20 heavy (non-hydrogen) atoms. The molecule has 0 unspecified atom stereocenters. The van der Waals surface area contributed by atoms with Gasteiger partial charge in [0.05, 0.1) is 6.61 Å². The van der Waals surface area contributed by atoms with Crippen molar-refractivity contribution in [3.8, 4) is 6.07 Å². The number of carbonyl (C=O) groups excluding carboxylic acids is 1. The van der Waals surface area contributed by atoms with Crippen LogP contribution in [0.25, 0.3) is 0 Å². The van der Waals surface area contributed by atoms with Gasteiger partial charge in [0.25, 0.3) is 0 Å². The van der Waals surface area contributed by atoms with Crippen LogP contribution in [0.1, 0.15) is 12.5 Å². The summed E-state index contributed by atoms with van der Waals surface area (Å²) in [7, 11) is 1.66. The highest BCUT2D eigenvalue weighted by Gasteiger charge is 2.09. The zero-order valence-electron chi connectivity index (χ0n) is 11.6. The number of ether oxygens (including phenoxy) is 1. The number of hydrogen-bond acceptors (Lipinski definition) is 5. The van der Waals surface area contributed by atoms with E-state index < -0.39 is 6.09 Å². The first-order valence-corrected chi connectivity index (χ1v) is 6.25. The zero-order valence-corrected chi connectivity index (χ0v) is 11.6. The van der Waals surface area contributed by atoms with Gasteiger partial charge in [-0.1, -0.05) is 30.3 Å². The van der Waals surface area contributed by atoms with E-state index in [0.29, 0.717) is 12.4 Å². The molecule has 0 heterocycles. The fourth-order valence-electron chi connectivity index (χ4n) is 1.50. The Kier molecular flexibility index (Phi) is 6.48. The van der Waals surface area contributed by atoms with Crippen LogP contribution >= 0.6 is 0 Å². The van der Waals surface area contributed by atoms with Crippen LogP contribution in [0.3, 0.4) is 0 Å². The maximum absolute atomic E-state index is 11.3. The Morgan fingerprint density at radius 1 is 1.35 bits per heavy atom. The molecule has 6 heteroatoms. The summed E-state index contributed by atoms with van der Waals surface area (Å²) in [5, 5.41) is 17.4. The summed E-state index contributed by atoms with van der Waals surface area (Å²) < 4.78 is 4.74. The third kappa shape index (κ3) is 4.90. The number of nitriles is 1. The van der Waals surface area contributed by atoms with Crippen molar-refractivity contribution in [2.45, 2.75) is 13.5 Å². The monoisotopic (exact) mass is 274 g/mol. The fourth-order valence-corrected chi connectivity index (χ4v) is 1.50. The van der Waals surface area contributed by atoms with Crippen molar-refractivity contribution in [3.63, 3.8) is 0 Å². The third-order valence-corrected chi connectivity index (χ3v) is 2.43. The first-order chi connectivity index (χ1) is 9.71. The first-order valence-electron chi connectivity index (χ1n) is 6.25.